The van der Waals surface area contributed by atoms with Crippen molar-refractivity contribution in [2.24, 2.45) is 5.11 Å². The molecule has 0 bridgehead atoms. The molecule has 27 heavy (non-hydrogen) atoms. The number of nitrogens with zero attached hydrogens (tertiary/aromatic N) is 6. The van der Waals surface area contributed by atoms with Crippen molar-refractivity contribution in [3.8, 4) is 28.8 Å². The predicted molar refractivity (Wildman–Crippen MR) is 101 cm³/mol. The predicted octanol–water partition coefficient (Wildman–Crippen LogP) is 4.20. The molecule has 1 aromatic heterocycles. The molecule has 1 aliphatic rings. The van der Waals surface area contributed by atoms with Crippen molar-refractivity contribution in [3.63, 3.8) is 0 Å². The van der Waals surface area contributed by atoms with Crippen molar-refractivity contribution in [3.05, 3.63) is 75.8 Å². The molecule has 0 saturated carbocycles. The molecule has 0 unspecified atom stereocenters. The number of nitriles is 1. The van der Waals surface area contributed by atoms with E-state index in [0.29, 0.717) is 18.4 Å². The number of aromatic nitrogens is 2. The quantitative estimate of drug-likeness (QED) is 0.398. The van der Waals surface area contributed by atoms with Gasteiger partial charge >= 0.3 is 0 Å². The summed E-state index contributed by atoms with van der Waals surface area (Å²) in [4.78, 5) is 2.95. The maximum Gasteiger partial charge on any atom is 0.144 e. The summed E-state index contributed by atoms with van der Waals surface area (Å²) < 4.78 is 7.40. The van der Waals surface area contributed by atoms with Crippen LogP contribution in [0.4, 0.5) is 0 Å². The van der Waals surface area contributed by atoms with Gasteiger partial charge in [0.1, 0.15) is 11.4 Å². The van der Waals surface area contributed by atoms with Gasteiger partial charge in [0.15, 0.2) is 0 Å². The third-order valence-corrected chi connectivity index (χ3v) is 4.75. The number of rotatable bonds is 4. The molecule has 7 nitrogen and oxygen atoms in total. The fraction of sp³-hybridized carbons (Fsp3) is 0.200. The summed E-state index contributed by atoms with van der Waals surface area (Å²) in [5.74, 6) is 0.722. The summed E-state index contributed by atoms with van der Waals surface area (Å²) in [5.41, 5.74) is 14.1. The number of benzene rings is 2. The van der Waals surface area contributed by atoms with Gasteiger partial charge in [0.25, 0.3) is 0 Å². The van der Waals surface area contributed by atoms with E-state index >= 15 is 0 Å². The van der Waals surface area contributed by atoms with Crippen LogP contribution in [0.1, 0.15) is 16.8 Å². The van der Waals surface area contributed by atoms with Gasteiger partial charge in [-0.1, -0.05) is 29.4 Å². The van der Waals surface area contributed by atoms with Crippen LogP contribution in [0.2, 0.25) is 0 Å². The average Bonchev–Trinajstić information content (AvgIpc) is 3.25. The molecule has 0 aliphatic heterocycles. The monoisotopic (exact) mass is 356 g/mol. The molecule has 0 saturated heterocycles. The van der Waals surface area contributed by atoms with Gasteiger partial charge in [-0.05, 0) is 36.2 Å². The van der Waals surface area contributed by atoms with Gasteiger partial charge in [-0.3, -0.25) is 0 Å². The standard InChI is InChI=1S/C20H16N6O/c1-27-19-5-3-2-4-18(19)26-20(14-8-6-13(12-21)7-9-14)16-10-15(23-25-22)11-17(16)24-26/h2-9,15H,10-11H2,1H3/t15-/m0/s1. The van der Waals surface area contributed by atoms with Crippen LogP contribution in [0.15, 0.2) is 53.6 Å². The number of ether oxygens (including phenoxy) is 1. The molecule has 0 N–H and O–H groups in total. The van der Waals surface area contributed by atoms with Gasteiger partial charge in [0, 0.05) is 28.5 Å². The molecule has 3 aromatic rings. The van der Waals surface area contributed by atoms with E-state index in [-0.39, 0.29) is 6.04 Å². The highest BCUT2D eigenvalue weighted by atomic mass is 16.5. The van der Waals surface area contributed by atoms with E-state index in [1.54, 1.807) is 19.2 Å². The van der Waals surface area contributed by atoms with Crippen LogP contribution >= 0.6 is 0 Å². The molecular formula is C20H16N6O. The van der Waals surface area contributed by atoms with Crippen LogP contribution in [0, 0.1) is 11.3 Å². The van der Waals surface area contributed by atoms with Crippen LogP contribution in [0.3, 0.4) is 0 Å². The van der Waals surface area contributed by atoms with Gasteiger partial charge in [-0.25, -0.2) is 4.68 Å². The fourth-order valence-electron chi connectivity index (χ4n) is 3.54. The second-order valence-electron chi connectivity index (χ2n) is 6.31. The van der Waals surface area contributed by atoms with Crippen LogP contribution in [0.5, 0.6) is 5.75 Å². The van der Waals surface area contributed by atoms with E-state index in [2.05, 4.69) is 16.1 Å². The van der Waals surface area contributed by atoms with Gasteiger partial charge in [-0.2, -0.15) is 10.4 Å². The molecule has 0 fully saturated rings. The summed E-state index contributed by atoms with van der Waals surface area (Å²) in [6.07, 6.45) is 1.26. The van der Waals surface area contributed by atoms with E-state index in [9.17, 15) is 0 Å². The summed E-state index contributed by atoms with van der Waals surface area (Å²) >= 11 is 0. The van der Waals surface area contributed by atoms with Crippen molar-refractivity contribution in [1.82, 2.24) is 9.78 Å². The van der Waals surface area contributed by atoms with E-state index in [0.717, 1.165) is 34.0 Å². The molecule has 0 spiro atoms. The molecule has 1 aliphatic carbocycles. The van der Waals surface area contributed by atoms with Crippen molar-refractivity contribution in [1.29, 1.82) is 5.26 Å². The smallest absolute Gasteiger partial charge is 0.144 e. The van der Waals surface area contributed by atoms with E-state index in [1.807, 2.05) is 41.1 Å². The number of fused-ring (bicyclic) bond motifs is 1. The first-order valence-electron chi connectivity index (χ1n) is 8.54. The zero-order valence-corrected chi connectivity index (χ0v) is 14.7. The zero-order chi connectivity index (χ0) is 18.8. The largest absolute Gasteiger partial charge is 0.494 e. The summed E-state index contributed by atoms with van der Waals surface area (Å²) in [6.45, 7) is 0. The Labute approximate surface area is 156 Å². The van der Waals surface area contributed by atoms with E-state index in [4.69, 9.17) is 20.6 Å². The SMILES string of the molecule is COc1ccccc1-n1nc2c(c1-c1ccc(C#N)cc1)C[C@H](N=[N+]=[N-])C2. The van der Waals surface area contributed by atoms with Crippen molar-refractivity contribution >= 4 is 0 Å². The first kappa shape index (κ1) is 16.7. The molecule has 0 radical (unpaired) electrons. The molecule has 1 atom stereocenters. The van der Waals surface area contributed by atoms with Gasteiger partial charge in [0.05, 0.1) is 30.1 Å². The summed E-state index contributed by atoms with van der Waals surface area (Å²) in [5, 5.41) is 17.8. The molecule has 7 heteroatoms. The first-order chi connectivity index (χ1) is 13.2. The highest BCUT2D eigenvalue weighted by Crippen LogP contribution is 2.37. The van der Waals surface area contributed by atoms with Gasteiger partial charge < -0.3 is 4.74 Å². The lowest BCUT2D eigenvalue weighted by atomic mass is 10.0. The lowest BCUT2D eigenvalue weighted by Gasteiger charge is -2.14. The highest BCUT2D eigenvalue weighted by molar-refractivity contribution is 5.70. The van der Waals surface area contributed by atoms with Crippen LogP contribution in [-0.2, 0) is 12.8 Å². The minimum atomic E-state index is -0.114. The lowest BCUT2D eigenvalue weighted by Crippen LogP contribution is -2.08. The highest BCUT2D eigenvalue weighted by Gasteiger charge is 2.30. The summed E-state index contributed by atoms with van der Waals surface area (Å²) in [6, 6.07) is 17.2. The second kappa shape index (κ2) is 6.87. The minimum absolute atomic E-state index is 0.114. The van der Waals surface area contributed by atoms with Crippen molar-refractivity contribution < 1.29 is 4.74 Å². The Balaban J connectivity index is 1.91. The fourth-order valence-corrected chi connectivity index (χ4v) is 3.54. The van der Waals surface area contributed by atoms with Crippen molar-refractivity contribution in [2.75, 3.05) is 7.11 Å². The maximum absolute atomic E-state index is 9.08. The Morgan fingerprint density at radius 2 is 2.00 bits per heavy atom. The second-order valence-corrected chi connectivity index (χ2v) is 6.31. The Morgan fingerprint density at radius 3 is 2.70 bits per heavy atom. The first-order valence-corrected chi connectivity index (χ1v) is 8.54. The Kier molecular flexibility index (Phi) is 4.25. The molecule has 132 valence electrons. The third-order valence-electron chi connectivity index (χ3n) is 4.75. The normalized spacial score (nSPS) is 14.9. The number of para-hydroxylation sites is 2. The van der Waals surface area contributed by atoms with Gasteiger partial charge in [-0.15, -0.1) is 0 Å². The number of azide groups is 1. The van der Waals surface area contributed by atoms with E-state index in [1.165, 1.54) is 0 Å². The zero-order valence-electron chi connectivity index (χ0n) is 14.7. The maximum atomic E-state index is 9.08. The number of hydrogen-bond donors (Lipinski definition) is 0. The van der Waals surface area contributed by atoms with Crippen LogP contribution in [-0.4, -0.2) is 22.9 Å². The van der Waals surface area contributed by atoms with Gasteiger partial charge in [0.2, 0.25) is 0 Å². The number of methoxy groups -OCH3 is 1. The average molecular weight is 356 g/mol. The third kappa shape index (κ3) is 2.88. The Morgan fingerprint density at radius 1 is 1.22 bits per heavy atom. The van der Waals surface area contributed by atoms with Crippen LogP contribution in [0.25, 0.3) is 27.4 Å². The summed E-state index contributed by atoms with van der Waals surface area (Å²) in [7, 11) is 1.63. The molecule has 1 heterocycles. The van der Waals surface area contributed by atoms with Crippen LogP contribution < -0.4 is 4.74 Å². The molecule has 2 aromatic carbocycles. The van der Waals surface area contributed by atoms with Crippen molar-refractivity contribution in [2.45, 2.75) is 18.9 Å². The molecular weight excluding hydrogens is 340 g/mol. The topological polar surface area (TPSA) is 99.6 Å². The Bertz CT molecular complexity index is 1090. The molecule has 0 amide bonds. The lowest BCUT2D eigenvalue weighted by molar-refractivity contribution is 0.411. The minimum Gasteiger partial charge on any atom is -0.494 e. The van der Waals surface area contributed by atoms with E-state index < -0.39 is 0 Å². The Hall–Kier alpha value is -3.75. The molecule has 4 rings (SSSR count). The number of hydrogen-bond acceptors (Lipinski definition) is 4.